The third kappa shape index (κ3) is 2.33. The standard InChI is InChI=1S/C17H21NO/c1-12-10-11-16(19-12)17(18-2)15-9-4-3-8-14(15)13-6-5-7-13/h3-4,8-11,13,17-18H,5-7H2,1-2H3. The number of hydrogen-bond acceptors (Lipinski definition) is 2. The van der Waals surface area contributed by atoms with Gasteiger partial charge < -0.3 is 9.73 Å². The maximum absolute atomic E-state index is 5.81. The zero-order chi connectivity index (χ0) is 13.2. The predicted molar refractivity (Wildman–Crippen MR) is 77.4 cm³/mol. The van der Waals surface area contributed by atoms with Crippen LogP contribution in [-0.2, 0) is 0 Å². The minimum atomic E-state index is 0.158. The summed E-state index contributed by atoms with van der Waals surface area (Å²) in [5.41, 5.74) is 2.85. The third-order valence-electron chi connectivity index (χ3n) is 4.19. The number of benzene rings is 1. The molecule has 1 aromatic carbocycles. The molecule has 1 aliphatic carbocycles. The minimum absolute atomic E-state index is 0.158. The first-order chi connectivity index (χ1) is 9.29. The highest BCUT2D eigenvalue weighted by atomic mass is 16.3. The maximum atomic E-state index is 5.81. The van der Waals surface area contributed by atoms with E-state index in [9.17, 15) is 0 Å². The lowest BCUT2D eigenvalue weighted by molar-refractivity contribution is 0.406. The van der Waals surface area contributed by atoms with Gasteiger partial charge in [-0.3, -0.25) is 0 Å². The summed E-state index contributed by atoms with van der Waals surface area (Å²) in [5, 5.41) is 3.40. The van der Waals surface area contributed by atoms with Gasteiger partial charge in [-0.15, -0.1) is 0 Å². The van der Waals surface area contributed by atoms with Crippen LogP contribution in [0.2, 0.25) is 0 Å². The summed E-state index contributed by atoms with van der Waals surface area (Å²) >= 11 is 0. The van der Waals surface area contributed by atoms with Crippen molar-refractivity contribution in [2.75, 3.05) is 7.05 Å². The second kappa shape index (κ2) is 5.22. The number of hydrogen-bond donors (Lipinski definition) is 1. The zero-order valence-corrected chi connectivity index (χ0v) is 11.6. The summed E-state index contributed by atoms with van der Waals surface area (Å²) in [5.74, 6) is 2.71. The predicted octanol–water partition coefficient (Wildman–Crippen LogP) is 4.16. The van der Waals surface area contributed by atoms with Gasteiger partial charge in [0.2, 0.25) is 0 Å². The molecule has 0 amide bonds. The Morgan fingerprint density at radius 2 is 1.95 bits per heavy atom. The summed E-state index contributed by atoms with van der Waals surface area (Å²) in [6, 6.07) is 13.0. The monoisotopic (exact) mass is 255 g/mol. The quantitative estimate of drug-likeness (QED) is 0.887. The van der Waals surface area contributed by atoms with Gasteiger partial charge in [0.1, 0.15) is 11.5 Å². The Labute approximate surface area is 114 Å². The molecule has 0 aliphatic heterocycles. The van der Waals surface area contributed by atoms with Crippen molar-refractivity contribution in [3.63, 3.8) is 0 Å². The molecule has 0 bridgehead atoms. The average molecular weight is 255 g/mol. The van der Waals surface area contributed by atoms with Crippen LogP contribution in [-0.4, -0.2) is 7.05 Å². The van der Waals surface area contributed by atoms with Crippen molar-refractivity contribution in [1.82, 2.24) is 5.32 Å². The zero-order valence-electron chi connectivity index (χ0n) is 11.6. The smallest absolute Gasteiger partial charge is 0.125 e. The molecule has 19 heavy (non-hydrogen) atoms. The van der Waals surface area contributed by atoms with Crippen LogP contribution in [0.3, 0.4) is 0 Å². The van der Waals surface area contributed by atoms with E-state index in [2.05, 4.69) is 35.6 Å². The first kappa shape index (κ1) is 12.5. The Morgan fingerprint density at radius 1 is 1.16 bits per heavy atom. The summed E-state index contributed by atoms with van der Waals surface area (Å²) < 4.78 is 5.81. The highest BCUT2D eigenvalue weighted by Gasteiger charge is 2.26. The second-order valence-corrected chi connectivity index (χ2v) is 5.43. The Kier molecular flexibility index (Phi) is 3.43. The van der Waals surface area contributed by atoms with E-state index in [1.807, 2.05) is 20.0 Å². The van der Waals surface area contributed by atoms with E-state index in [0.717, 1.165) is 17.4 Å². The van der Waals surface area contributed by atoms with Gasteiger partial charge in [-0.25, -0.2) is 0 Å². The number of furan rings is 1. The molecule has 1 aromatic heterocycles. The molecule has 1 atom stereocenters. The summed E-state index contributed by atoms with van der Waals surface area (Å²) in [7, 11) is 2.00. The van der Waals surface area contributed by atoms with Gasteiger partial charge in [0.15, 0.2) is 0 Å². The van der Waals surface area contributed by atoms with Crippen LogP contribution in [0, 0.1) is 6.92 Å². The van der Waals surface area contributed by atoms with Crippen LogP contribution < -0.4 is 5.32 Å². The molecular formula is C17H21NO. The maximum Gasteiger partial charge on any atom is 0.125 e. The number of aryl methyl sites for hydroxylation is 1. The molecule has 2 aromatic rings. The van der Waals surface area contributed by atoms with Crippen LogP contribution in [0.5, 0.6) is 0 Å². The molecular weight excluding hydrogens is 234 g/mol. The first-order valence-corrected chi connectivity index (χ1v) is 7.12. The molecule has 1 heterocycles. The number of nitrogens with one attached hydrogen (secondary N) is 1. The largest absolute Gasteiger partial charge is 0.464 e. The lowest BCUT2D eigenvalue weighted by Crippen LogP contribution is -2.21. The molecule has 3 rings (SSSR count). The molecule has 1 N–H and O–H groups in total. The molecule has 1 unspecified atom stereocenters. The fraction of sp³-hybridized carbons (Fsp3) is 0.412. The van der Waals surface area contributed by atoms with Crippen molar-refractivity contribution in [3.8, 4) is 0 Å². The Hall–Kier alpha value is -1.54. The molecule has 0 radical (unpaired) electrons. The van der Waals surface area contributed by atoms with E-state index in [0.29, 0.717) is 0 Å². The lowest BCUT2D eigenvalue weighted by Gasteiger charge is -2.30. The molecule has 2 heteroatoms. The van der Waals surface area contributed by atoms with Gasteiger partial charge in [-0.1, -0.05) is 30.7 Å². The summed E-state index contributed by atoms with van der Waals surface area (Å²) in [6.45, 7) is 1.99. The minimum Gasteiger partial charge on any atom is -0.464 e. The molecule has 1 aliphatic rings. The molecule has 1 saturated carbocycles. The first-order valence-electron chi connectivity index (χ1n) is 7.12. The van der Waals surface area contributed by atoms with E-state index in [-0.39, 0.29) is 6.04 Å². The lowest BCUT2D eigenvalue weighted by atomic mass is 9.77. The van der Waals surface area contributed by atoms with Gasteiger partial charge in [0, 0.05) is 0 Å². The molecule has 1 fully saturated rings. The highest BCUT2D eigenvalue weighted by Crippen LogP contribution is 2.40. The van der Waals surface area contributed by atoms with Crippen molar-refractivity contribution >= 4 is 0 Å². The summed E-state index contributed by atoms with van der Waals surface area (Å²) in [4.78, 5) is 0. The van der Waals surface area contributed by atoms with Gasteiger partial charge in [0.05, 0.1) is 6.04 Å². The van der Waals surface area contributed by atoms with Gasteiger partial charge in [0.25, 0.3) is 0 Å². The fourth-order valence-electron chi connectivity index (χ4n) is 2.92. The number of rotatable bonds is 4. The van der Waals surface area contributed by atoms with E-state index < -0.39 is 0 Å². The molecule has 0 spiro atoms. The van der Waals surface area contributed by atoms with Crippen molar-refractivity contribution in [2.45, 2.75) is 38.1 Å². The Balaban J connectivity index is 1.99. The van der Waals surface area contributed by atoms with E-state index in [1.165, 1.54) is 30.4 Å². The van der Waals surface area contributed by atoms with Crippen LogP contribution in [0.15, 0.2) is 40.8 Å². The molecule has 100 valence electrons. The average Bonchev–Trinajstić information content (AvgIpc) is 2.77. The van der Waals surface area contributed by atoms with Crippen molar-refractivity contribution in [3.05, 3.63) is 59.0 Å². The normalized spacial score (nSPS) is 17.2. The molecule has 2 nitrogen and oxygen atoms in total. The SMILES string of the molecule is CNC(c1ccc(C)o1)c1ccccc1C1CCC1. The summed E-state index contributed by atoms with van der Waals surface area (Å²) in [6.07, 6.45) is 4.01. The van der Waals surface area contributed by atoms with Crippen molar-refractivity contribution in [1.29, 1.82) is 0 Å². The molecule has 0 saturated heterocycles. The van der Waals surface area contributed by atoms with Crippen LogP contribution in [0.25, 0.3) is 0 Å². The van der Waals surface area contributed by atoms with Gasteiger partial charge in [-0.2, -0.15) is 0 Å². The topological polar surface area (TPSA) is 25.2 Å². The van der Waals surface area contributed by atoms with E-state index in [4.69, 9.17) is 4.42 Å². The van der Waals surface area contributed by atoms with Crippen molar-refractivity contribution < 1.29 is 4.42 Å². The van der Waals surface area contributed by atoms with Crippen LogP contribution in [0.1, 0.15) is 53.9 Å². The Morgan fingerprint density at radius 3 is 2.53 bits per heavy atom. The van der Waals surface area contributed by atoms with Gasteiger partial charge in [-0.05, 0) is 56.0 Å². The van der Waals surface area contributed by atoms with Crippen LogP contribution in [0.4, 0.5) is 0 Å². The van der Waals surface area contributed by atoms with Crippen LogP contribution >= 0.6 is 0 Å². The second-order valence-electron chi connectivity index (χ2n) is 5.43. The fourth-order valence-corrected chi connectivity index (χ4v) is 2.92. The highest BCUT2D eigenvalue weighted by molar-refractivity contribution is 5.38. The van der Waals surface area contributed by atoms with Crippen molar-refractivity contribution in [2.24, 2.45) is 0 Å². The van der Waals surface area contributed by atoms with E-state index in [1.54, 1.807) is 0 Å². The third-order valence-corrected chi connectivity index (χ3v) is 4.19. The van der Waals surface area contributed by atoms with Gasteiger partial charge >= 0.3 is 0 Å². The van der Waals surface area contributed by atoms with E-state index >= 15 is 0 Å². The Bertz CT molecular complexity index is 554.